The molecule has 0 saturated heterocycles. The Hall–Kier alpha value is -2.11. The number of carboxylic acids is 1. The first-order valence-electron chi connectivity index (χ1n) is 6.42. The van der Waals surface area contributed by atoms with Crippen LogP contribution in [-0.2, 0) is 9.59 Å². The molecule has 2 rings (SSSR count). The lowest BCUT2D eigenvalue weighted by molar-refractivity contribution is -0.145. The summed E-state index contributed by atoms with van der Waals surface area (Å²) >= 11 is 0. The predicted molar refractivity (Wildman–Crippen MR) is 68.8 cm³/mol. The largest absolute Gasteiger partial charge is 0.484 e. The molecule has 0 spiro atoms. The van der Waals surface area contributed by atoms with Gasteiger partial charge >= 0.3 is 5.97 Å². The summed E-state index contributed by atoms with van der Waals surface area (Å²) in [5.74, 6) is -1.01. The molecular weight excluding hydrogens is 265 g/mol. The summed E-state index contributed by atoms with van der Waals surface area (Å²) in [5.41, 5.74) is 0. The Labute approximate surface area is 116 Å². The highest BCUT2D eigenvalue weighted by molar-refractivity contribution is 5.82. The molecule has 108 valence electrons. The minimum absolute atomic E-state index is 0.244. The molecule has 0 aliphatic heterocycles. The number of nitrogens with zero attached hydrogens (tertiary/aromatic N) is 1. The van der Waals surface area contributed by atoms with Gasteiger partial charge in [0.2, 0.25) is 0 Å². The summed E-state index contributed by atoms with van der Waals surface area (Å²) in [6, 6.07) is 5.31. The molecule has 1 aromatic carbocycles. The van der Waals surface area contributed by atoms with Gasteiger partial charge in [-0.2, -0.15) is 0 Å². The van der Waals surface area contributed by atoms with E-state index in [1.807, 2.05) is 0 Å². The average molecular weight is 281 g/mol. The average Bonchev–Trinajstić information content (AvgIpc) is 3.20. The molecule has 0 unspecified atom stereocenters. The number of hydrogen-bond donors (Lipinski definition) is 1. The van der Waals surface area contributed by atoms with Crippen LogP contribution in [0.25, 0.3) is 0 Å². The van der Waals surface area contributed by atoms with Crippen LogP contribution in [0.3, 0.4) is 0 Å². The highest BCUT2D eigenvalue weighted by Crippen LogP contribution is 2.29. The molecule has 1 aromatic rings. The van der Waals surface area contributed by atoms with Gasteiger partial charge in [0.05, 0.1) is 0 Å². The van der Waals surface area contributed by atoms with Gasteiger partial charge in [0.1, 0.15) is 18.1 Å². The van der Waals surface area contributed by atoms with Crippen molar-refractivity contribution in [2.24, 2.45) is 5.92 Å². The number of halogens is 1. The summed E-state index contributed by atoms with van der Waals surface area (Å²) < 4.78 is 17.9. The first-order valence-corrected chi connectivity index (χ1v) is 6.42. The quantitative estimate of drug-likeness (QED) is 0.823. The maximum absolute atomic E-state index is 12.7. The van der Waals surface area contributed by atoms with Crippen molar-refractivity contribution in [2.75, 3.05) is 19.7 Å². The Morgan fingerprint density at radius 3 is 2.50 bits per heavy atom. The molecule has 1 fully saturated rings. The third-order valence-electron chi connectivity index (χ3n) is 3.03. The molecule has 0 radical (unpaired) electrons. The Balaban J connectivity index is 1.86. The van der Waals surface area contributed by atoms with E-state index in [0.717, 1.165) is 12.8 Å². The molecule has 0 aromatic heterocycles. The van der Waals surface area contributed by atoms with Crippen molar-refractivity contribution in [1.82, 2.24) is 4.90 Å². The molecule has 0 heterocycles. The lowest BCUT2D eigenvalue weighted by Crippen LogP contribution is -2.40. The molecule has 1 amide bonds. The Morgan fingerprint density at radius 2 is 1.95 bits per heavy atom. The molecule has 20 heavy (non-hydrogen) atoms. The molecule has 6 heteroatoms. The van der Waals surface area contributed by atoms with Crippen LogP contribution in [-0.4, -0.2) is 41.6 Å². The predicted octanol–water partition coefficient (Wildman–Crippen LogP) is 1.53. The van der Waals surface area contributed by atoms with Gasteiger partial charge in [0, 0.05) is 6.54 Å². The van der Waals surface area contributed by atoms with E-state index in [2.05, 4.69) is 0 Å². The number of carbonyl (C=O) groups excluding carboxylic acids is 1. The van der Waals surface area contributed by atoms with Crippen molar-refractivity contribution in [3.63, 3.8) is 0 Å². The maximum Gasteiger partial charge on any atom is 0.323 e. The standard InChI is InChI=1S/C14H16FNO4/c15-11-3-5-12(6-4-11)20-9-13(17)16(8-14(18)19)7-10-1-2-10/h3-6,10H,1-2,7-9H2,(H,18,19). The van der Waals surface area contributed by atoms with Gasteiger partial charge in [-0.25, -0.2) is 4.39 Å². The van der Waals surface area contributed by atoms with E-state index in [1.165, 1.54) is 29.2 Å². The van der Waals surface area contributed by atoms with E-state index in [4.69, 9.17) is 9.84 Å². The fraction of sp³-hybridized carbons (Fsp3) is 0.429. The van der Waals surface area contributed by atoms with Gasteiger partial charge in [-0.05, 0) is 43.0 Å². The van der Waals surface area contributed by atoms with E-state index in [9.17, 15) is 14.0 Å². The number of rotatable bonds is 7. The molecule has 1 aliphatic rings. The summed E-state index contributed by atoms with van der Waals surface area (Å²) in [7, 11) is 0. The van der Waals surface area contributed by atoms with Crippen LogP contribution in [0.4, 0.5) is 4.39 Å². The van der Waals surface area contributed by atoms with Crippen LogP contribution in [0.5, 0.6) is 5.75 Å². The van der Waals surface area contributed by atoms with E-state index >= 15 is 0 Å². The fourth-order valence-corrected chi connectivity index (χ4v) is 1.80. The molecule has 0 atom stereocenters. The second-order valence-corrected chi connectivity index (χ2v) is 4.85. The Bertz CT molecular complexity index is 484. The maximum atomic E-state index is 12.7. The van der Waals surface area contributed by atoms with E-state index < -0.39 is 5.97 Å². The zero-order valence-electron chi connectivity index (χ0n) is 10.9. The third kappa shape index (κ3) is 4.53. The fourth-order valence-electron chi connectivity index (χ4n) is 1.80. The normalized spacial score (nSPS) is 13.8. The van der Waals surface area contributed by atoms with Crippen LogP contribution in [0.2, 0.25) is 0 Å². The number of hydrogen-bond acceptors (Lipinski definition) is 3. The van der Waals surface area contributed by atoms with Crippen LogP contribution in [0.15, 0.2) is 24.3 Å². The lowest BCUT2D eigenvalue weighted by atomic mass is 10.3. The number of benzene rings is 1. The van der Waals surface area contributed by atoms with E-state index in [-0.39, 0.29) is 24.9 Å². The zero-order chi connectivity index (χ0) is 14.5. The van der Waals surface area contributed by atoms with Gasteiger partial charge in [-0.3, -0.25) is 9.59 Å². The Morgan fingerprint density at radius 1 is 1.30 bits per heavy atom. The summed E-state index contributed by atoms with van der Waals surface area (Å²) in [6.45, 7) is -0.106. The van der Waals surface area contributed by atoms with Crippen molar-refractivity contribution in [1.29, 1.82) is 0 Å². The lowest BCUT2D eigenvalue weighted by Gasteiger charge is -2.20. The Kier molecular flexibility index (Phi) is 4.55. The number of carbonyl (C=O) groups is 2. The topological polar surface area (TPSA) is 66.8 Å². The monoisotopic (exact) mass is 281 g/mol. The molecular formula is C14H16FNO4. The van der Waals surface area contributed by atoms with E-state index in [0.29, 0.717) is 18.2 Å². The number of aliphatic carboxylic acids is 1. The second-order valence-electron chi connectivity index (χ2n) is 4.85. The number of ether oxygens (including phenoxy) is 1. The minimum atomic E-state index is -1.04. The van der Waals surface area contributed by atoms with Crippen molar-refractivity contribution in [2.45, 2.75) is 12.8 Å². The molecule has 1 N–H and O–H groups in total. The van der Waals surface area contributed by atoms with Crippen LogP contribution in [0.1, 0.15) is 12.8 Å². The van der Waals surface area contributed by atoms with Gasteiger partial charge in [-0.1, -0.05) is 0 Å². The highest BCUT2D eigenvalue weighted by atomic mass is 19.1. The number of carboxylic acid groups (broad SMARTS) is 1. The highest BCUT2D eigenvalue weighted by Gasteiger charge is 2.28. The van der Waals surface area contributed by atoms with Crippen molar-refractivity contribution < 1.29 is 23.8 Å². The first kappa shape index (κ1) is 14.3. The summed E-state index contributed by atoms with van der Waals surface area (Å²) in [5, 5.41) is 8.81. The second kappa shape index (κ2) is 6.36. The van der Waals surface area contributed by atoms with Gasteiger partial charge in [0.25, 0.3) is 5.91 Å². The SMILES string of the molecule is O=C(O)CN(CC1CC1)C(=O)COc1ccc(F)cc1. The van der Waals surface area contributed by atoms with Crippen LogP contribution < -0.4 is 4.74 Å². The smallest absolute Gasteiger partial charge is 0.323 e. The molecule has 0 bridgehead atoms. The first-order chi connectivity index (χ1) is 9.54. The summed E-state index contributed by atoms with van der Waals surface area (Å²) in [6.07, 6.45) is 2.06. The van der Waals surface area contributed by atoms with Crippen molar-refractivity contribution in [3.8, 4) is 5.75 Å². The molecule has 5 nitrogen and oxygen atoms in total. The van der Waals surface area contributed by atoms with Crippen molar-refractivity contribution in [3.05, 3.63) is 30.1 Å². The zero-order valence-corrected chi connectivity index (χ0v) is 10.9. The summed E-state index contributed by atoms with van der Waals surface area (Å²) in [4.78, 5) is 24.0. The number of amides is 1. The van der Waals surface area contributed by atoms with Crippen LogP contribution in [0, 0.1) is 11.7 Å². The van der Waals surface area contributed by atoms with Gasteiger partial charge < -0.3 is 14.7 Å². The molecule has 1 aliphatic carbocycles. The third-order valence-corrected chi connectivity index (χ3v) is 3.03. The van der Waals surface area contributed by atoms with Crippen LogP contribution >= 0.6 is 0 Å². The molecule has 1 saturated carbocycles. The van der Waals surface area contributed by atoms with Crippen molar-refractivity contribution >= 4 is 11.9 Å². The van der Waals surface area contributed by atoms with Gasteiger partial charge in [-0.15, -0.1) is 0 Å². The van der Waals surface area contributed by atoms with E-state index in [1.54, 1.807) is 0 Å². The minimum Gasteiger partial charge on any atom is -0.484 e. The van der Waals surface area contributed by atoms with Gasteiger partial charge in [0.15, 0.2) is 6.61 Å².